The Morgan fingerprint density at radius 2 is 1.00 bits per heavy atom. The molecule has 0 heterocycles. The van der Waals surface area contributed by atoms with E-state index in [1.807, 2.05) is 0 Å². The Balaban J connectivity index is -0.00000000167. The van der Waals surface area contributed by atoms with E-state index in [1.165, 1.54) is 0 Å². The summed E-state index contributed by atoms with van der Waals surface area (Å²) in [4.78, 5) is 0. The van der Waals surface area contributed by atoms with Crippen molar-refractivity contribution >= 4 is 99.7 Å². The van der Waals surface area contributed by atoms with Crippen LogP contribution in [0.4, 0.5) is 0 Å². The molecule has 0 aliphatic rings. The number of hydrogen-bond acceptors (Lipinski definition) is 1. The van der Waals surface area contributed by atoms with Crippen molar-refractivity contribution in [1.29, 1.82) is 0 Å². The summed E-state index contributed by atoms with van der Waals surface area (Å²) in [7, 11) is 0. The molecule has 1 nitrogen and oxygen atoms in total. The van der Waals surface area contributed by atoms with Crippen LogP contribution in [0.25, 0.3) is 0 Å². The molecule has 5 heteroatoms. The average Bonchev–Trinajstić information content (AvgIpc) is 1.00. The van der Waals surface area contributed by atoms with Crippen LogP contribution in [0.1, 0.15) is 0 Å². The maximum absolute atomic E-state index is 6.47. The normalized spacial score (nSPS) is 1.20. The Morgan fingerprint density at radius 3 is 1.00 bits per heavy atom. The van der Waals surface area contributed by atoms with Gasteiger partial charge in [-0.15, -0.1) is 12.4 Å². The van der Waals surface area contributed by atoms with Crippen LogP contribution in [0, 0.1) is 0 Å². The van der Waals surface area contributed by atoms with Crippen molar-refractivity contribution in [1.82, 2.24) is 0 Å². The Bertz CT molecular complexity index is 7.61. The van der Waals surface area contributed by atoms with Gasteiger partial charge in [-0.25, -0.2) is 0 Å². The van der Waals surface area contributed by atoms with Gasteiger partial charge in [-0.1, -0.05) is 0 Å². The zero-order valence-electron chi connectivity index (χ0n) is 1.23. The molecule has 0 aliphatic heterocycles. The summed E-state index contributed by atoms with van der Waals surface area (Å²) >= 11 is 3.64. The molecule has 0 aromatic heterocycles. The standard InChI is InChI=1S/2Ca.ClHO.ClH.4H/c;;1-2;;;;;/h;;2H;1H;;;;. The molecule has 0 bridgehead atoms. The van der Waals surface area contributed by atoms with Gasteiger partial charge >= 0.3 is 75.5 Å². The van der Waals surface area contributed by atoms with Gasteiger partial charge < -0.3 is 0 Å². The first-order valence-corrected chi connectivity index (χ1v) is 0.507. The minimum atomic E-state index is 0. The summed E-state index contributed by atoms with van der Waals surface area (Å²) in [6, 6.07) is 0. The van der Waals surface area contributed by atoms with E-state index in [4.69, 9.17) is 4.66 Å². The van der Waals surface area contributed by atoms with Crippen molar-refractivity contribution in [2.45, 2.75) is 0 Å². The first kappa shape index (κ1) is 24.4. The molecule has 5 heavy (non-hydrogen) atoms. The summed E-state index contributed by atoms with van der Waals surface area (Å²) < 4.78 is 6.47. The van der Waals surface area contributed by atoms with Gasteiger partial charge in [-0.05, 0) is 0 Å². The molecule has 0 atom stereocenters. The van der Waals surface area contributed by atoms with E-state index in [0.717, 1.165) is 0 Å². The van der Waals surface area contributed by atoms with Crippen LogP contribution in [-0.4, -0.2) is 80.1 Å². The maximum atomic E-state index is 6.47. The van der Waals surface area contributed by atoms with E-state index in [2.05, 4.69) is 11.9 Å². The van der Waals surface area contributed by atoms with Gasteiger partial charge in [0.05, 0.1) is 11.9 Å². The van der Waals surface area contributed by atoms with Crippen molar-refractivity contribution in [2.24, 2.45) is 0 Å². The third kappa shape index (κ3) is 19.3. The van der Waals surface area contributed by atoms with E-state index in [-0.39, 0.29) is 87.9 Å². The van der Waals surface area contributed by atoms with Crippen LogP contribution in [0.3, 0.4) is 0 Å². The topological polar surface area (TPSA) is 20.2 Å². The average molecular weight is 173 g/mol. The molecule has 0 radical (unpaired) electrons. The first-order chi connectivity index (χ1) is 1.00. The summed E-state index contributed by atoms with van der Waals surface area (Å²) in [5, 5.41) is 0. The molecular weight excluding hydrogens is 167 g/mol. The third-order valence-electron chi connectivity index (χ3n) is 0. The van der Waals surface area contributed by atoms with Gasteiger partial charge in [0, 0.05) is 0 Å². The van der Waals surface area contributed by atoms with Crippen molar-refractivity contribution in [3.05, 3.63) is 0 Å². The second-order valence-electron chi connectivity index (χ2n) is 0. The monoisotopic (exact) mass is 172 g/mol. The van der Waals surface area contributed by atoms with E-state index >= 15 is 0 Å². The van der Waals surface area contributed by atoms with E-state index in [9.17, 15) is 0 Å². The Morgan fingerprint density at radius 1 is 1.00 bits per heavy atom. The van der Waals surface area contributed by atoms with Crippen LogP contribution in [0.2, 0.25) is 0 Å². The summed E-state index contributed by atoms with van der Waals surface area (Å²) in [6.45, 7) is 0. The fraction of sp³-hybridized carbons (Fsp3) is 0. The van der Waals surface area contributed by atoms with Crippen molar-refractivity contribution in [3.8, 4) is 0 Å². The van der Waals surface area contributed by atoms with Crippen LogP contribution in [0.15, 0.2) is 0 Å². The molecule has 0 fully saturated rings. The predicted molar refractivity (Wildman–Crippen MR) is 32.4 cm³/mol. The van der Waals surface area contributed by atoms with E-state index < -0.39 is 0 Å². The van der Waals surface area contributed by atoms with Gasteiger partial charge in [0.2, 0.25) is 0 Å². The van der Waals surface area contributed by atoms with Gasteiger partial charge in [0.25, 0.3) is 0 Å². The summed E-state index contributed by atoms with van der Waals surface area (Å²) in [5.41, 5.74) is 0. The van der Waals surface area contributed by atoms with Crippen molar-refractivity contribution in [3.63, 3.8) is 0 Å². The molecule has 0 unspecified atom stereocenters. The zero-order chi connectivity index (χ0) is 2.00. The third-order valence-corrected chi connectivity index (χ3v) is 0. The molecule has 30 valence electrons. The molecule has 0 saturated heterocycles. The van der Waals surface area contributed by atoms with Gasteiger partial charge in [0.15, 0.2) is 0 Å². The van der Waals surface area contributed by atoms with Crippen LogP contribution in [-0.2, 0) is 0 Å². The Hall–Kier alpha value is 3.06. The summed E-state index contributed by atoms with van der Waals surface area (Å²) in [5.74, 6) is 0. The minimum absolute atomic E-state index is 0. The molecule has 1 N–H and O–H groups in total. The first-order valence-electron chi connectivity index (χ1n) is 0.169. The van der Waals surface area contributed by atoms with Crippen LogP contribution < -0.4 is 0 Å². The molecule has 0 spiro atoms. The van der Waals surface area contributed by atoms with Gasteiger partial charge in [0.1, 0.15) is 0 Å². The van der Waals surface area contributed by atoms with Crippen molar-refractivity contribution < 1.29 is 4.66 Å². The summed E-state index contributed by atoms with van der Waals surface area (Å²) in [6.07, 6.45) is 0. The fourth-order valence-electron chi connectivity index (χ4n) is 0. The van der Waals surface area contributed by atoms with Crippen LogP contribution >= 0.6 is 24.3 Å². The molecule has 0 aromatic rings. The molecular formula is H6Ca2Cl2O. The second-order valence-corrected chi connectivity index (χ2v) is 0. The number of rotatable bonds is 0. The predicted octanol–water partition coefficient (Wildman–Crippen LogP) is -1.28. The molecule has 0 amide bonds. The number of hydrogen-bond donors (Lipinski definition) is 1. The van der Waals surface area contributed by atoms with Gasteiger partial charge in [-0.3, -0.25) is 4.66 Å². The second kappa shape index (κ2) is 27.7. The number of halogens is 2. The quantitative estimate of drug-likeness (QED) is 0.452. The Labute approximate surface area is 102 Å². The van der Waals surface area contributed by atoms with Crippen LogP contribution in [0.5, 0.6) is 0 Å². The Kier molecular flexibility index (Phi) is 135. The van der Waals surface area contributed by atoms with E-state index in [1.54, 1.807) is 0 Å². The van der Waals surface area contributed by atoms with E-state index in [0.29, 0.717) is 0 Å². The molecule has 0 aromatic carbocycles. The fourth-order valence-corrected chi connectivity index (χ4v) is 0. The SMILES string of the molecule is Cl.OCl.[CaH2].[CaH2]. The molecule has 0 rings (SSSR count). The molecule has 0 saturated carbocycles. The van der Waals surface area contributed by atoms with Crippen molar-refractivity contribution in [2.75, 3.05) is 0 Å². The zero-order valence-corrected chi connectivity index (χ0v) is 2.81. The molecule has 0 aliphatic carbocycles. The van der Waals surface area contributed by atoms with Gasteiger partial charge in [-0.2, -0.15) is 0 Å².